The molecule has 10 aromatic rings. The highest BCUT2D eigenvalue weighted by Crippen LogP contribution is 2.42. The zero-order chi connectivity index (χ0) is 33.7. The molecule has 0 fully saturated rings. The number of para-hydroxylation sites is 2. The molecule has 0 amide bonds. The molecule has 0 N–H and O–H groups in total. The zero-order valence-electron chi connectivity index (χ0n) is 27.5. The second-order valence-electron chi connectivity index (χ2n) is 12.8. The second-order valence-corrected chi connectivity index (χ2v) is 12.8. The molecule has 10 rings (SSSR count). The van der Waals surface area contributed by atoms with Gasteiger partial charge in [0.05, 0.1) is 0 Å². The smallest absolute Gasteiger partial charge is 0.228 e. The first-order chi connectivity index (χ1) is 25.2. The van der Waals surface area contributed by atoms with Gasteiger partial charge in [-0.15, -0.1) is 0 Å². The topological polar surface area (TPSA) is 42.4 Å². The van der Waals surface area contributed by atoms with Crippen LogP contribution in [0.3, 0.4) is 0 Å². The highest BCUT2D eigenvalue weighted by molar-refractivity contribution is 6.12. The van der Waals surface area contributed by atoms with Gasteiger partial charge in [-0.25, -0.2) is 4.98 Å². The van der Waals surface area contributed by atoms with Gasteiger partial charge >= 0.3 is 0 Å². The second kappa shape index (κ2) is 11.9. The first-order valence-corrected chi connectivity index (χ1v) is 17.1. The molecule has 0 radical (unpaired) electrons. The van der Waals surface area contributed by atoms with Gasteiger partial charge in [-0.1, -0.05) is 109 Å². The van der Waals surface area contributed by atoms with Crippen LogP contribution in [0.25, 0.3) is 77.5 Å². The van der Waals surface area contributed by atoms with Crippen molar-refractivity contribution in [3.63, 3.8) is 0 Å². The third-order valence-corrected chi connectivity index (χ3v) is 9.68. The minimum absolute atomic E-state index is 0.583. The Morgan fingerprint density at radius 2 is 1.06 bits per heavy atom. The normalized spacial score (nSPS) is 11.5. The molecule has 240 valence electrons. The minimum Gasteiger partial charge on any atom is -0.456 e. The van der Waals surface area contributed by atoms with Crippen LogP contribution in [0.4, 0.5) is 17.1 Å². The molecule has 0 aliphatic rings. The summed E-state index contributed by atoms with van der Waals surface area (Å²) in [6.45, 7) is 0. The van der Waals surface area contributed by atoms with Crippen molar-refractivity contribution in [3.05, 3.63) is 182 Å². The highest BCUT2D eigenvalue weighted by Gasteiger charge is 2.20. The third kappa shape index (κ3) is 5.13. The van der Waals surface area contributed by atoms with Gasteiger partial charge < -0.3 is 13.7 Å². The van der Waals surface area contributed by atoms with Crippen LogP contribution in [-0.2, 0) is 0 Å². The summed E-state index contributed by atoms with van der Waals surface area (Å²) in [4.78, 5) is 7.11. The third-order valence-electron chi connectivity index (χ3n) is 9.68. The predicted molar refractivity (Wildman–Crippen MR) is 210 cm³/mol. The number of rotatable bonds is 6. The highest BCUT2D eigenvalue weighted by atomic mass is 16.3. The van der Waals surface area contributed by atoms with E-state index in [4.69, 9.17) is 13.8 Å². The first-order valence-electron chi connectivity index (χ1n) is 17.1. The van der Waals surface area contributed by atoms with Crippen molar-refractivity contribution in [2.45, 2.75) is 0 Å². The fraction of sp³-hybridized carbons (Fsp3) is 0. The largest absolute Gasteiger partial charge is 0.456 e. The summed E-state index contributed by atoms with van der Waals surface area (Å²) in [5.41, 5.74) is 11.9. The van der Waals surface area contributed by atoms with Gasteiger partial charge in [-0.3, -0.25) is 0 Å². The van der Waals surface area contributed by atoms with E-state index in [-0.39, 0.29) is 0 Å². The molecule has 51 heavy (non-hydrogen) atoms. The van der Waals surface area contributed by atoms with Crippen molar-refractivity contribution < 1.29 is 8.83 Å². The summed E-state index contributed by atoms with van der Waals surface area (Å²) in [7, 11) is 0. The van der Waals surface area contributed by atoms with Crippen molar-refractivity contribution in [2.24, 2.45) is 0 Å². The van der Waals surface area contributed by atoms with E-state index in [0.717, 1.165) is 61.2 Å². The molecular weight excluding hydrogens is 625 g/mol. The number of furan rings is 1. The molecule has 4 nitrogen and oxygen atoms in total. The molecule has 0 spiro atoms. The van der Waals surface area contributed by atoms with Crippen LogP contribution in [0.1, 0.15) is 0 Å². The van der Waals surface area contributed by atoms with Gasteiger partial charge in [-0.2, -0.15) is 0 Å². The monoisotopic (exact) mass is 654 g/mol. The molecule has 8 aromatic carbocycles. The van der Waals surface area contributed by atoms with Crippen molar-refractivity contribution in [1.29, 1.82) is 0 Å². The van der Waals surface area contributed by atoms with Crippen LogP contribution in [0.5, 0.6) is 0 Å². The maximum absolute atomic E-state index is 6.57. The van der Waals surface area contributed by atoms with Crippen LogP contribution in [0.2, 0.25) is 0 Å². The summed E-state index contributed by atoms with van der Waals surface area (Å²) in [6, 6.07) is 63.5. The van der Waals surface area contributed by atoms with Crippen LogP contribution < -0.4 is 4.90 Å². The lowest BCUT2D eigenvalue weighted by atomic mass is 10.00. The summed E-state index contributed by atoms with van der Waals surface area (Å²) in [6.07, 6.45) is 0. The van der Waals surface area contributed by atoms with E-state index >= 15 is 0 Å². The van der Waals surface area contributed by atoms with Crippen molar-refractivity contribution in [2.75, 3.05) is 4.90 Å². The summed E-state index contributed by atoms with van der Waals surface area (Å²) in [5, 5.41) is 4.45. The number of anilines is 3. The first kappa shape index (κ1) is 29.0. The van der Waals surface area contributed by atoms with Gasteiger partial charge in [0.25, 0.3) is 0 Å². The maximum Gasteiger partial charge on any atom is 0.228 e. The quantitative estimate of drug-likeness (QED) is 0.179. The Kier molecular flexibility index (Phi) is 6.78. The molecule has 0 aliphatic heterocycles. The van der Waals surface area contributed by atoms with Gasteiger partial charge in [0.2, 0.25) is 5.89 Å². The average molecular weight is 655 g/mol. The van der Waals surface area contributed by atoms with E-state index < -0.39 is 0 Å². The van der Waals surface area contributed by atoms with Crippen LogP contribution in [-0.4, -0.2) is 4.98 Å². The summed E-state index contributed by atoms with van der Waals surface area (Å²) < 4.78 is 12.8. The van der Waals surface area contributed by atoms with Crippen LogP contribution in [0.15, 0.2) is 191 Å². The van der Waals surface area contributed by atoms with Crippen molar-refractivity contribution >= 4 is 60.9 Å². The van der Waals surface area contributed by atoms with Gasteiger partial charge in [-0.05, 0) is 99.8 Å². The van der Waals surface area contributed by atoms with E-state index in [0.29, 0.717) is 5.89 Å². The van der Waals surface area contributed by atoms with E-state index in [2.05, 4.69) is 144 Å². The number of nitrogens with zero attached hydrogens (tertiary/aromatic N) is 2. The number of hydrogen-bond donors (Lipinski definition) is 0. The number of benzene rings is 8. The number of fused-ring (bicyclic) bond motifs is 5. The predicted octanol–water partition coefficient (Wildman–Crippen LogP) is 13.4. The molecule has 0 aliphatic carbocycles. The molecule has 0 saturated carbocycles. The molecule has 2 heterocycles. The molecular formula is C47H30N2O2. The maximum atomic E-state index is 6.57. The van der Waals surface area contributed by atoms with E-state index in [1.54, 1.807) is 0 Å². The minimum atomic E-state index is 0.583. The van der Waals surface area contributed by atoms with Gasteiger partial charge in [0.1, 0.15) is 16.7 Å². The van der Waals surface area contributed by atoms with Gasteiger partial charge in [0, 0.05) is 39.5 Å². The summed E-state index contributed by atoms with van der Waals surface area (Å²) in [5.74, 6) is 0.583. The Morgan fingerprint density at radius 1 is 0.392 bits per heavy atom. The average Bonchev–Trinajstić information content (AvgIpc) is 3.80. The lowest BCUT2D eigenvalue weighted by molar-refractivity contribution is 0.620. The van der Waals surface area contributed by atoms with E-state index in [1.807, 2.05) is 42.5 Å². The Morgan fingerprint density at radius 3 is 1.94 bits per heavy atom. The van der Waals surface area contributed by atoms with Crippen LogP contribution >= 0.6 is 0 Å². The lowest BCUT2D eigenvalue weighted by Crippen LogP contribution is -2.10. The van der Waals surface area contributed by atoms with Crippen molar-refractivity contribution in [3.8, 4) is 33.7 Å². The molecule has 0 saturated heterocycles. The SMILES string of the molecule is c1ccc(-c2ccc(N(c3cccc(-c4ccc5ccccc5c4)c3)c3ccc4c(c3)oc3cccc(-c5nc6ccccc6o5)c34)cc2)cc1. The van der Waals surface area contributed by atoms with Crippen LogP contribution in [0, 0.1) is 0 Å². The number of aromatic nitrogens is 1. The number of oxazole rings is 1. The number of hydrogen-bond acceptors (Lipinski definition) is 4. The molecule has 0 bridgehead atoms. The molecule has 0 atom stereocenters. The Labute approximate surface area is 294 Å². The van der Waals surface area contributed by atoms with E-state index in [9.17, 15) is 0 Å². The summed E-state index contributed by atoms with van der Waals surface area (Å²) >= 11 is 0. The molecule has 4 heteroatoms. The molecule has 2 aromatic heterocycles. The Hall–Kier alpha value is -6.91. The Balaban J connectivity index is 1.12. The lowest BCUT2D eigenvalue weighted by Gasteiger charge is -2.26. The standard InChI is InChI=1S/C47H30N2O2/c1-2-10-31(11-3-1)33-22-24-37(25-23-33)49(38-15-8-14-35(29-38)36-21-20-32-12-4-5-13-34(32)28-36)39-26-27-40-45(30-39)50-44-19-9-16-41(46(40)44)47-48-42-17-6-7-18-43(42)51-47/h1-30H. The fourth-order valence-corrected chi connectivity index (χ4v) is 7.19. The zero-order valence-corrected chi connectivity index (χ0v) is 27.5. The van der Waals surface area contributed by atoms with E-state index in [1.165, 1.54) is 27.5 Å². The molecule has 0 unspecified atom stereocenters. The Bertz CT molecular complexity index is 2830. The van der Waals surface area contributed by atoms with Crippen molar-refractivity contribution in [1.82, 2.24) is 4.98 Å². The van der Waals surface area contributed by atoms with Gasteiger partial charge in [0.15, 0.2) is 5.58 Å². The fourth-order valence-electron chi connectivity index (χ4n) is 7.19.